The maximum Gasteiger partial charge on any atom is 0.335 e. The fraction of sp³-hybridized carbons (Fsp3) is 0.115. The van der Waals surface area contributed by atoms with Crippen molar-refractivity contribution in [3.05, 3.63) is 100 Å². The second kappa shape index (κ2) is 9.08. The molecule has 0 aliphatic carbocycles. The highest BCUT2D eigenvalue weighted by atomic mass is 19.1. The van der Waals surface area contributed by atoms with Crippen LogP contribution in [0, 0.1) is 19.7 Å². The molecule has 4 amide bonds. The molecule has 1 heterocycles. The molecule has 166 valence electrons. The van der Waals surface area contributed by atoms with Gasteiger partial charge in [-0.1, -0.05) is 42.5 Å². The zero-order valence-corrected chi connectivity index (χ0v) is 18.1. The number of hydrogen-bond donors (Lipinski definition) is 1. The van der Waals surface area contributed by atoms with Gasteiger partial charge in [0.25, 0.3) is 11.8 Å². The fourth-order valence-corrected chi connectivity index (χ4v) is 3.49. The number of anilines is 1. The second-order valence-corrected chi connectivity index (χ2v) is 7.63. The maximum atomic E-state index is 13.8. The van der Waals surface area contributed by atoms with Crippen LogP contribution in [-0.2, 0) is 16.2 Å². The van der Waals surface area contributed by atoms with Gasteiger partial charge in [-0.05, 0) is 60.9 Å². The number of ether oxygens (including phenoxy) is 1. The predicted molar refractivity (Wildman–Crippen MR) is 122 cm³/mol. The molecule has 3 aromatic carbocycles. The van der Waals surface area contributed by atoms with Gasteiger partial charge in [0, 0.05) is 5.56 Å². The summed E-state index contributed by atoms with van der Waals surface area (Å²) in [6.45, 7) is 3.71. The minimum atomic E-state index is -0.794. The summed E-state index contributed by atoms with van der Waals surface area (Å²) in [6.07, 6.45) is 1.40. The molecule has 0 unspecified atom stereocenters. The Morgan fingerprint density at radius 1 is 0.970 bits per heavy atom. The number of nitrogens with zero attached hydrogens (tertiary/aromatic N) is 1. The molecule has 0 radical (unpaired) electrons. The van der Waals surface area contributed by atoms with Gasteiger partial charge in [0.1, 0.15) is 23.7 Å². The summed E-state index contributed by atoms with van der Waals surface area (Å²) in [5, 5.41) is 2.23. The third kappa shape index (κ3) is 4.52. The molecule has 1 fully saturated rings. The average Bonchev–Trinajstić information content (AvgIpc) is 2.79. The Hall–Kier alpha value is -4.26. The Morgan fingerprint density at radius 2 is 1.73 bits per heavy atom. The minimum absolute atomic E-state index is 0.0288. The Bertz CT molecular complexity index is 1300. The quantitative estimate of drug-likeness (QED) is 0.458. The largest absolute Gasteiger partial charge is 0.489 e. The molecule has 4 rings (SSSR count). The molecular weight excluding hydrogens is 423 g/mol. The highest BCUT2D eigenvalue weighted by Gasteiger charge is 2.37. The molecule has 1 aliphatic rings. The first-order valence-electron chi connectivity index (χ1n) is 10.3. The summed E-state index contributed by atoms with van der Waals surface area (Å²) in [5.74, 6) is -1.41. The van der Waals surface area contributed by atoms with Gasteiger partial charge < -0.3 is 4.74 Å². The predicted octanol–water partition coefficient (Wildman–Crippen LogP) is 4.69. The molecule has 0 spiro atoms. The molecule has 3 aromatic rings. The average molecular weight is 444 g/mol. The smallest absolute Gasteiger partial charge is 0.335 e. The molecule has 6 nitrogen and oxygen atoms in total. The zero-order chi connectivity index (χ0) is 23.5. The van der Waals surface area contributed by atoms with Crippen LogP contribution in [0.2, 0.25) is 0 Å². The van der Waals surface area contributed by atoms with Crippen LogP contribution in [0.5, 0.6) is 5.75 Å². The van der Waals surface area contributed by atoms with Crippen molar-refractivity contribution in [1.82, 2.24) is 5.32 Å². The van der Waals surface area contributed by atoms with Gasteiger partial charge in [0.2, 0.25) is 0 Å². The molecule has 7 heteroatoms. The molecule has 0 saturated carbocycles. The summed E-state index contributed by atoms with van der Waals surface area (Å²) in [7, 11) is 0. The second-order valence-electron chi connectivity index (χ2n) is 7.63. The number of carbonyl (C=O) groups is 3. The molecule has 0 bridgehead atoms. The van der Waals surface area contributed by atoms with Gasteiger partial charge in [-0.25, -0.2) is 14.1 Å². The van der Waals surface area contributed by atoms with E-state index in [0.29, 0.717) is 22.6 Å². The first kappa shape index (κ1) is 22.0. The molecule has 0 atom stereocenters. The number of urea groups is 1. The highest BCUT2D eigenvalue weighted by Crippen LogP contribution is 2.27. The van der Waals surface area contributed by atoms with Gasteiger partial charge in [-0.2, -0.15) is 0 Å². The molecule has 1 N–H and O–H groups in total. The van der Waals surface area contributed by atoms with Gasteiger partial charge in [-0.3, -0.25) is 14.9 Å². The third-order valence-electron chi connectivity index (χ3n) is 5.44. The van der Waals surface area contributed by atoms with E-state index in [0.717, 1.165) is 16.0 Å². The maximum absolute atomic E-state index is 13.8. The zero-order valence-electron chi connectivity index (χ0n) is 18.1. The minimum Gasteiger partial charge on any atom is -0.489 e. The molecule has 1 aliphatic heterocycles. The number of benzene rings is 3. The summed E-state index contributed by atoms with van der Waals surface area (Å²) >= 11 is 0. The van der Waals surface area contributed by atoms with E-state index in [-0.39, 0.29) is 18.0 Å². The Balaban J connectivity index is 1.61. The summed E-state index contributed by atoms with van der Waals surface area (Å²) in [5.41, 5.74) is 2.84. The number of carbonyl (C=O) groups excluding carboxylic acids is 3. The van der Waals surface area contributed by atoms with Gasteiger partial charge in [-0.15, -0.1) is 0 Å². The first-order valence-corrected chi connectivity index (χ1v) is 10.3. The van der Waals surface area contributed by atoms with E-state index in [9.17, 15) is 18.8 Å². The number of aryl methyl sites for hydroxylation is 1. The van der Waals surface area contributed by atoms with Gasteiger partial charge in [0.15, 0.2) is 0 Å². The number of halogens is 1. The van der Waals surface area contributed by atoms with E-state index in [2.05, 4.69) is 5.32 Å². The monoisotopic (exact) mass is 444 g/mol. The topological polar surface area (TPSA) is 75.7 Å². The fourth-order valence-electron chi connectivity index (χ4n) is 3.49. The van der Waals surface area contributed by atoms with Crippen LogP contribution >= 0.6 is 0 Å². The first-order chi connectivity index (χ1) is 15.8. The number of amides is 4. The van der Waals surface area contributed by atoms with E-state index in [4.69, 9.17) is 4.74 Å². The van der Waals surface area contributed by atoms with E-state index < -0.39 is 17.8 Å². The van der Waals surface area contributed by atoms with Crippen LogP contribution in [0.15, 0.2) is 72.3 Å². The van der Waals surface area contributed by atoms with Crippen LogP contribution in [0.4, 0.5) is 14.9 Å². The normalized spacial score (nSPS) is 15.1. The van der Waals surface area contributed by atoms with Crippen molar-refractivity contribution in [2.45, 2.75) is 20.5 Å². The van der Waals surface area contributed by atoms with Crippen molar-refractivity contribution in [3.8, 4) is 5.75 Å². The van der Waals surface area contributed by atoms with Gasteiger partial charge >= 0.3 is 6.03 Å². The number of hydrogen-bond acceptors (Lipinski definition) is 4. The van der Waals surface area contributed by atoms with Crippen LogP contribution in [0.25, 0.3) is 6.08 Å². The van der Waals surface area contributed by atoms with E-state index in [1.165, 1.54) is 12.1 Å². The van der Waals surface area contributed by atoms with E-state index in [1.807, 2.05) is 13.0 Å². The van der Waals surface area contributed by atoms with E-state index in [1.54, 1.807) is 61.5 Å². The van der Waals surface area contributed by atoms with Crippen molar-refractivity contribution in [2.75, 3.05) is 4.90 Å². The van der Waals surface area contributed by atoms with Crippen molar-refractivity contribution >= 4 is 29.6 Å². The summed E-state index contributed by atoms with van der Waals surface area (Å²) < 4.78 is 19.5. The third-order valence-corrected chi connectivity index (χ3v) is 5.44. The lowest BCUT2D eigenvalue weighted by molar-refractivity contribution is -0.122. The van der Waals surface area contributed by atoms with Crippen molar-refractivity contribution in [3.63, 3.8) is 0 Å². The summed E-state index contributed by atoms with van der Waals surface area (Å²) in [6, 6.07) is 17.5. The van der Waals surface area contributed by atoms with Gasteiger partial charge in [0.05, 0.1) is 5.69 Å². The van der Waals surface area contributed by atoms with Crippen molar-refractivity contribution in [2.24, 2.45) is 0 Å². The summed E-state index contributed by atoms with van der Waals surface area (Å²) in [4.78, 5) is 39.1. The van der Waals surface area contributed by atoms with Crippen LogP contribution in [0.3, 0.4) is 0 Å². The van der Waals surface area contributed by atoms with Crippen LogP contribution in [0.1, 0.15) is 22.3 Å². The molecular formula is C26H21FN2O4. The van der Waals surface area contributed by atoms with Crippen LogP contribution in [-0.4, -0.2) is 17.8 Å². The van der Waals surface area contributed by atoms with Crippen LogP contribution < -0.4 is 15.0 Å². The molecule has 33 heavy (non-hydrogen) atoms. The Labute approximate surface area is 190 Å². The number of rotatable bonds is 5. The Kier molecular flexibility index (Phi) is 6.04. The van der Waals surface area contributed by atoms with Crippen molar-refractivity contribution in [1.29, 1.82) is 0 Å². The molecule has 0 aromatic heterocycles. The lowest BCUT2D eigenvalue weighted by atomic mass is 10.0. The number of barbiturate groups is 1. The van der Waals surface area contributed by atoms with E-state index >= 15 is 0 Å². The number of imide groups is 2. The lowest BCUT2D eigenvalue weighted by Crippen LogP contribution is -2.54. The Morgan fingerprint density at radius 3 is 2.52 bits per heavy atom. The van der Waals surface area contributed by atoms with Crippen molar-refractivity contribution < 1.29 is 23.5 Å². The standard InChI is InChI=1S/C26H21FN2O4/c1-16-7-5-12-23(17(16)2)29-25(31)21(24(30)28-26(29)32)14-18-8-6-10-20(13-18)33-15-19-9-3-4-11-22(19)27/h3-14H,15H2,1-2H3,(H,28,30,32)/b21-14-. The highest BCUT2D eigenvalue weighted by molar-refractivity contribution is 6.39. The SMILES string of the molecule is Cc1cccc(N2C(=O)NC(=O)/C(=C/c3cccc(OCc4ccccc4F)c3)C2=O)c1C. The lowest BCUT2D eigenvalue weighted by Gasteiger charge is -2.28. The molecule has 1 saturated heterocycles. The number of nitrogens with one attached hydrogen (secondary N) is 1.